The van der Waals surface area contributed by atoms with Gasteiger partial charge in [-0.2, -0.15) is 0 Å². The van der Waals surface area contributed by atoms with Gasteiger partial charge in [0.25, 0.3) is 0 Å². The van der Waals surface area contributed by atoms with E-state index >= 15 is 0 Å². The molecule has 1 N–H and O–H groups in total. The fourth-order valence-corrected chi connectivity index (χ4v) is 5.28. The average molecular weight is 381 g/mol. The van der Waals surface area contributed by atoms with E-state index in [1.54, 1.807) is 0 Å². The van der Waals surface area contributed by atoms with E-state index in [-0.39, 0.29) is 23.8 Å². The van der Waals surface area contributed by atoms with Crippen molar-refractivity contribution in [3.05, 3.63) is 24.3 Å². The molecule has 26 heavy (non-hydrogen) atoms. The highest BCUT2D eigenvalue weighted by molar-refractivity contribution is 7.88. The Kier molecular flexibility index (Phi) is 5.58. The summed E-state index contributed by atoms with van der Waals surface area (Å²) in [7, 11) is -3.31. The maximum atomic E-state index is 13.1. The number of nitrogens with zero attached hydrogens (tertiary/aromatic N) is 1. The van der Waals surface area contributed by atoms with Crippen molar-refractivity contribution in [1.82, 2.24) is 4.31 Å². The Morgan fingerprint density at radius 3 is 2.62 bits per heavy atom. The van der Waals surface area contributed by atoms with Gasteiger partial charge in [-0.3, -0.25) is 4.79 Å². The van der Waals surface area contributed by atoms with Crippen molar-refractivity contribution >= 4 is 21.6 Å². The number of carbonyl (C=O) groups excluding carboxylic acids is 1. The fraction of sp³-hybridized carbons (Fsp3) is 0.632. The highest BCUT2D eigenvalue weighted by Crippen LogP contribution is 2.48. The molecule has 6 nitrogen and oxygen atoms in total. The quantitative estimate of drug-likeness (QED) is 0.852. The summed E-state index contributed by atoms with van der Waals surface area (Å²) in [5.74, 6) is 0.205. The lowest BCUT2D eigenvalue weighted by atomic mass is 9.67. The molecule has 3 rings (SSSR count). The molecule has 1 aliphatic carbocycles. The number of ether oxygens (including phenoxy) is 1. The van der Waals surface area contributed by atoms with Gasteiger partial charge in [-0.25, -0.2) is 12.7 Å². The van der Waals surface area contributed by atoms with E-state index in [1.807, 2.05) is 31.2 Å². The molecule has 7 heteroatoms. The molecule has 2 aliphatic rings. The molecule has 0 bridgehead atoms. The molecule has 1 saturated carbocycles. The topological polar surface area (TPSA) is 75.7 Å². The molecular formula is C19H28N2O4S. The summed E-state index contributed by atoms with van der Waals surface area (Å²) in [5.41, 5.74) is 0.398. The molecule has 0 aromatic heterocycles. The highest BCUT2D eigenvalue weighted by Gasteiger charge is 2.52. The number of carbonyl (C=O) groups is 1. The minimum atomic E-state index is -3.31. The Labute approximate surface area is 156 Å². The van der Waals surface area contributed by atoms with Crippen LogP contribution in [0, 0.1) is 11.3 Å². The van der Waals surface area contributed by atoms with Crippen LogP contribution in [-0.4, -0.2) is 44.6 Å². The minimum absolute atomic E-state index is 0.106. The van der Waals surface area contributed by atoms with Gasteiger partial charge in [-0.1, -0.05) is 31.4 Å². The number of amides is 1. The molecule has 0 radical (unpaired) electrons. The smallest absolute Gasteiger partial charge is 0.229 e. The zero-order valence-electron chi connectivity index (χ0n) is 15.5. The standard InChI is InChI=1S/C19H28N2O4S/c1-3-25-17-10-6-5-9-16(17)20-18(22)15-13-21(26(2,23)24)14-19(15)11-7-4-8-12-19/h5-6,9-10,15H,3-4,7-8,11-14H2,1-2H3,(H,20,22)/t15-/m0/s1. The number of para-hydroxylation sites is 2. The molecule has 1 saturated heterocycles. The van der Waals surface area contributed by atoms with Gasteiger partial charge in [0.05, 0.1) is 24.5 Å². The summed E-state index contributed by atoms with van der Waals surface area (Å²) in [6, 6.07) is 7.36. The Balaban J connectivity index is 1.84. The SMILES string of the molecule is CCOc1ccccc1NC(=O)[C@@H]1CN(S(C)(=O)=O)CC12CCCCC2. The molecule has 1 amide bonds. The largest absolute Gasteiger partial charge is 0.492 e. The summed E-state index contributed by atoms with van der Waals surface area (Å²) in [6.45, 7) is 3.14. The number of benzene rings is 1. The molecular weight excluding hydrogens is 352 g/mol. The van der Waals surface area contributed by atoms with Crippen LogP contribution in [0.5, 0.6) is 5.75 Å². The van der Waals surface area contributed by atoms with Crippen molar-refractivity contribution in [1.29, 1.82) is 0 Å². The third kappa shape index (κ3) is 3.88. The third-order valence-corrected chi connectivity index (χ3v) is 6.91. The van der Waals surface area contributed by atoms with Gasteiger partial charge < -0.3 is 10.1 Å². The second-order valence-corrected chi connectivity index (χ2v) is 9.43. The maximum Gasteiger partial charge on any atom is 0.229 e. The molecule has 0 unspecified atom stereocenters. The van der Waals surface area contributed by atoms with Gasteiger partial charge in [-0.05, 0) is 37.3 Å². The number of hydrogen-bond donors (Lipinski definition) is 1. The zero-order chi connectivity index (χ0) is 18.8. The van der Waals surface area contributed by atoms with Crippen LogP contribution < -0.4 is 10.1 Å². The molecule has 1 atom stereocenters. The maximum absolute atomic E-state index is 13.1. The summed E-state index contributed by atoms with van der Waals surface area (Å²) in [5, 5.41) is 3.00. The number of hydrogen-bond acceptors (Lipinski definition) is 4. The van der Waals surface area contributed by atoms with E-state index < -0.39 is 10.0 Å². The van der Waals surface area contributed by atoms with Gasteiger partial charge in [0, 0.05) is 13.1 Å². The average Bonchev–Trinajstić information content (AvgIpc) is 2.97. The fourth-order valence-electron chi connectivity index (χ4n) is 4.37. The Morgan fingerprint density at radius 2 is 1.96 bits per heavy atom. The minimum Gasteiger partial charge on any atom is -0.492 e. The first-order valence-corrected chi connectivity index (χ1v) is 11.2. The van der Waals surface area contributed by atoms with E-state index in [0.29, 0.717) is 24.6 Å². The van der Waals surface area contributed by atoms with Crippen molar-refractivity contribution in [3.63, 3.8) is 0 Å². The molecule has 1 aromatic rings. The number of sulfonamides is 1. The summed E-state index contributed by atoms with van der Waals surface area (Å²) in [4.78, 5) is 13.1. The monoisotopic (exact) mass is 380 g/mol. The van der Waals surface area contributed by atoms with Crippen LogP contribution in [0.3, 0.4) is 0 Å². The molecule has 144 valence electrons. The molecule has 2 fully saturated rings. The predicted octanol–water partition coefficient (Wildman–Crippen LogP) is 2.87. The molecule has 1 aliphatic heterocycles. The van der Waals surface area contributed by atoms with Crippen LogP contribution in [0.15, 0.2) is 24.3 Å². The Morgan fingerprint density at radius 1 is 1.27 bits per heavy atom. The van der Waals surface area contributed by atoms with Crippen LogP contribution >= 0.6 is 0 Å². The van der Waals surface area contributed by atoms with E-state index in [1.165, 1.54) is 10.6 Å². The second kappa shape index (κ2) is 7.56. The summed E-state index contributed by atoms with van der Waals surface area (Å²) < 4.78 is 31.3. The Bertz CT molecular complexity index is 757. The molecule has 1 aromatic carbocycles. The normalized spacial score (nSPS) is 23.1. The van der Waals surface area contributed by atoms with Crippen LogP contribution in [0.25, 0.3) is 0 Å². The predicted molar refractivity (Wildman–Crippen MR) is 102 cm³/mol. The lowest BCUT2D eigenvalue weighted by molar-refractivity contribution is -0.123. The van der Waals surface area contributed by atoms with Crippen molar-refractivity contribution < 1.29 is 17.9 Å². The van der Waals surface area contributed by atoms with Crippen molar-refractivity contribution in [2.75, 3.05) is 31.3 Å². The number of nitrogens with one attached hydrogen (secondary N) is 1. The van der Waals surface area contributed by atoms with E-state index in [2.05, 4.69) is 5.32 Å². The van der Waals surface area contributed by atoms with Crippen molar-refractivity contribution in [2.45, 2.75) is 39.0 Å². The van der Waals surface area contributed by atoms with Crippen LogP contribution in [-0.2, 0) is 14.8 Å². The van der Waals surface area contributed by atoms with Gasteiger partial charge in [0.15, 0.2) is 0 Å². The van der Waals surface area contributed by atoms with E-state index in [4.69, 9.17) is 4.74 Å². The van der Waals surface area contributed by atoms with Crippen LogP contribution in [0.2, 0.25) is 0 Å². The van der Waals surface area contributed by atoms with Gasteiger partial charge in [0.1, 0.15) is 5.75 Å². The van der Waals surface area contributed by atoms with Crippen LogP contribution in [0.1, 0.15) is 39.0 Å². The van der Waals surface area contributed by atoms with E-state index in [0.717, 1.165) is 32.1 Å². The lowest BCUT2D eigenvalue weighted by Crippen LogP contribution is -2.39. The van der Waals surface area contributed by atoms with Crippen LogP contribution in [0.4, 0.5) is 5.69 Å². The zero-order valence-corrected chi connectivity index (χ0v) is 16.3. The first-order valence-electron chi connectivity index (χ1n) is 9.33. The van der Waals surface area contributed by atoms with Gasteiger partial charge >= 0.3 is 0 Å². The third-order valence-electron chi connectivity index (χ3n) is 5.70. The van der Waals surface area contributed by atoms with E-state index in [9.17, 15) is 13.2 Å². The summed E-state index contributed by atoms with van der Waals surface area (Å²) >= 11 is 0. The second-order valence-electron chi connectivity index (χ2n) is 7.45. The Hall–Kier alpha value is -1.60. The number of anilines is 1. The van der Waals surface area contributed by atoms with Crippen molar-refractivity contribution in [2.24, 2.45) is 11.3 Å². The van der Waals surface area contributed by atoms with Crippen molar-refractivity contribution in [3.8, 4) is 5.75 Å². The molecule has 1 heterocycles. The first-order chi connectivity index (χ1) is 12.4. The lowest BCUT2D eigenvalue weighted by Gasteiger charge is -2.37. The number of rotatable bonds is 5. The van der Waals surface area contributed by atoms with Gasteiger partial charge in [-0.15, -0.1) is 0 Å². The highest BCUT2D eigenvalue weighted by atomic mass is 32.2. The molecule has 1 spiro atoms. The van der Waals surface area contributed by atoms with Gasteiger partial charge in [0.2, 0.25) is 15.9 Å². The first kappa shape index (κ1) is 19.2. The summed E-state index contributed by atoms with van der Waals surface area (Å²) in [6.07, 6.45) is 6.30.